The molecule has 2 aromatic carbocycles. The van der Waals surface area contributed by atoms with Gasteiger partial charge in [-0.3, -0.25) is 4.79 Å². The molecule has 0 fully saturated rings. The van der Waals surface area contributed by atoms with Crippen LogP contribution in [0.1, 0.15) is 25.3 Å². The van der Waals surface area contributed by atoms with Crippen LogP contribution in [0.15, 0.2) is 54.6 Å². The standard InChI is InChI=1S/C19H20ClNO2/c1-2-3-14-23-18-11-4-15(5-12-18)6-13-19(22)21-17-9-7-16(20)8-10-17/h4-13H,2-3,14H2,1H3,(H,21,22)/b13-6+. The van der Waals surface area contributed by atoms with Crippen molar-refractivity contribution in [3.63, 3.8) is 0 Å². The Kier molecular flexibility index (Phi) is 6.70. The lowest BCUT2D eigenvalue weighted by Gasteiger charge is -2.05. The van der Waals surface area contributed by atoms with Crippen molar-refractivity contribution >= 4 is 29.3 Å². The maximum absolute atomic E-state index is 11.9. The number of halogens is 1. The van der Waals surface area contributed by atoms with Gasteiger partial charge in [0.1, 0.15) is 5.75 Å². The molecule has 1 N–H and O–H groups in total. The molecule has 0 aliphatic heterocycles. The number of carbonyl (C=O) groups is 1. The number of ether oxygens (including phenoxy) is 1. The predicted octanol–water partition coefficient (Wildman–Crippen LogP) is 5.17. The molecule has 0 aromatic heterocycles. The summed E-state index contributed by atoms with van der Waals surface area (Å²) in [6.07, 6.45) is 5.43. The molecule has 0 atom stereocenters. The van der Waals surface area contributed by atoms with E-state index in [0.717, 1.165) is 30.8 Å². The molecule has 120 valence electrons. The van der Waals surface area contributed by atoms with Crippen LogP contribution in [0.4, 0.5) is 5.69 Å². The van der Waals surface area contributed by atoms with Gasteiger partial charge in [-0.25, -0.2) is 0 Å². The number of carbonyl (C=O) groups excluding carboxylic acids is 1. The van der Waals surface area contributed by atoms with Gasteiger partial charge in [-0.1, -0.05) is 37.1 Å². The SMILES string of the molecule is CCCCOc1ccc(/C=C/C(=O)Nc2ccc(Cl)cc2)cc1. The van der Waals surface area contributed by atoms with E-state index in [0.29, 0.717) is 10.7 Å². The summed E-state index contributed by atoms with van der Waals surface area (Å²) in [7, 11) is 0. The Hall–Kier alpha value is -2.26. The normalized spacial score (nSPS) is 10.7. The van der Waals surface area contributed by atoms with E-state index < -0.39 is 0 Å². The van der Waals surface area contributed by atoms with Crippen molar-refractivity contribution in [3.8, 4) is 5.75 Å². The van der Waals surface area contributed by atoms with Crippen LogP contribution >= 0.6 is 11.6 Å². The topological polar surface area (TPSA) is 38.3 Å². The van der Waals surface area contributed by atoms with Crippen LogP contribution in [0.3, 0.4) is 0 Å². The van der Waals surface area contributed by atoms with E-state index in [-0.39, 0.29) is 5.91 Å². The number of hydrogen-bond donors (Lipinski definition) is 1. The monoisotopic (exact) mass is 329 g/mol. The first-order valence-corrected chi connectivity index (χ1v) is 8.02. The molecular formula is C19H20ClNO2. The largest absolute Gasteiger partial charge is 0.494 e. The Morgan fingerprint density at radius 3 is 2.48 bits per heavy atom. The summed E-state index contributed by atoms with van der Waals surface area (Å²) in [5.74, 6) is 0.664. The number of amides is 1. The molecule has 0 unspecified atom stereocenters. The fourth-order valence-electron chi connectivity index (χ4n) is 1.90. The first kappa shape index (κ1) is 17.1. The number of benzene rings is 2. The van der Waals surface area contributed by atoms with Gasteiger partial charge in [0.15, 0.2) is 0 Å². The van der Waals surface area contributed by atoms with E-state index in [1.54, 1.807) is 30.3 Å². The van der Waals surface area contributed by atoms with Gasteiger partial charge in [-0.2, -0.15) is 0 Å². The van der Waals surface area contributed by atoms with Crippen molar-refractivity contribution in [2.24, 2.45) is 0 Å². The maximum Gasteiger partial charge on any atom is 0.248 e. The van der Waals surface area contributed by atoms with Crippen LogP contribution in [-0.4, -0.2) is 12.5 Å². The van der Waals surface area contributed by atoms with E-state index in [9.17, 15) is 4.79 Å². The molecule has 23 heavy (non-hydrogen) atoms. The van der Waals surface area contributed by atoms with Crippen LogP contribution in [0.25, 0.3) is 6.08 Å². The third-order valence-electron chi connectivity index (χ3n) is 3.19. The van der Waals surface area contributed by atoms with E-state index in [4.69, 9.17) is 16.3 Å². The van der Waals surface area contributed by atoms with Gasteiger partial charge in [0.05, 0.1) is 6.61 Å². The van der Waals surface area contributed by atoms with Gasteiger partial charge in [0, 0.05) is 16.8 Å². The van der Waals surface area contributed by atoms with Crippen LogP contribution in [0, 0.1) is 0 Å². The molecule has 4 heteroatoms. The Morgan fingerprint density at radius 1 is 1.13 bits per heavy atom. The molecule has 1 amide bonds. The second-order valence-corrected chi connectivity index (χ2v) is 5.54. The van der Waals surface area contributed by atoms with Crippen molar-refractivity contribution in [2.75, 3.05) is 11.9 Å². The van der Waals surface area contributed by atoms with Gasteiger partial charge in [0.25, 0.3) is 0 Å². The first-order chi connectivity index (χ1) is 11.2. The van der Waals surface area contributed by atoms with E-state index in [1.165, 1.54) is 6.08 Å². The van der Waals surface area contributed by atoms with Gasteiger partial charge >= 0.3 is 0 Å². The lowest BCUT2D eigenvalue weighted by atomic mass is 10.2. The van der Waals surface area contributed by atoms with Crippen molar-refractivity contribution in [1.82, 2.24) is 0 Å². The molecule has 0 aliphatic carbocycles. The molecule has 0 aliphatic rings. The van der Waals surface area contributed by atoms with E-state index in [2.05, 4.69) is 12.2 Å². The first-order valence-electron chi connectivity index (χ1n) is 7.65. The summed E-state index contributed by atoms with van der Waals surface area (Å²) in [5.41, 5.74) is 1.66. The zero-order valence-electron chi connectivity index (χ0n) is 13.1. The Morgan fingerprint density at radius 2 is 1.83 bits per heavy atom. The zero-order chi connectivity index (χ0) is 16.5. The molecule has 0 radical (unpaired) electrons. The van der Waals surface area contributed by atoms with Gasteiger partial charge < -0.3 is 10.1 Å². The minimum atomic E-state index is -0.185. The lowest BCUT2D eigenvalue weighted by Crippen LogP contribution is -2.07. The second-order valence-electron chi connectivity index (χ2n) is 5.10. The summed E-state index contributed by atoms with van der Waals surface area (Å²) in [4.78, 5) is 11.9. The second kappa shape index (κ2) is 9.01. The van der Waals surface area contributed by atoms with E-state index in [1.807, 2.05) is 24.3 Å². The Balaban J connectivity index is 1.86. The molecule has 0 saturated carbocycles. The Labute approximate surface area is 141 Å². The number of rotatable bonds is 7. The van der Waals surface area contributed by atoms with Crippen molar-refractivity contribution in [2.45, 2.75) is 19.8 Å². The Bertz CT molecular complexity index is 648. The van der Waals surface area contributed by atoms with Gasteiger partial charge in [-0.15, -0.1) is 0 Å². The highest BCUT2D eigenvalue weighted by molar-refractivity contribution is 6.30. The fraction of sp³-hybridized carbons (Fsp3) is 0.211. The minimum Gasteiger partial charge on any atom is -0.494 e. The highest BCUT2D eigenvalue weighted by Crippen LogP contribution is 2.15. The van der Waals surface area contributed by atoms with Crippen molar-refractivity contribution in [3.05, 3.63) is 65.2 Å². The average molecular weight is 330 g/mol. The van der Waals surface area contributed by atoms with Crippen molar-refractivity contribution in [1.29, 1.82) is 0 Å². The summed E-state index contributed by atoms with van der Waals surface area (Å²) in [5, 5.41) is 3.41. The molecule has 3 nitrogen and oxygen atoms in total. The quantitative estimate of drug-likeness (QED) is 0.562. The highest BCUT2D eigenvalue weighted by atomic mass is 35.5. The maximum atomic E-state index is 11.9. The highest BCUT2D eigenvalue weighted by Gasteiger charge is 1.98. The number of anilines is 1. The molecule has 2 aromatic rings. The van der Waals surface area contributed by atoms with Gasteiger partial charge in [-0.05, 0) is 54.5 Å². The molecular weight excluding hydrogens is 310 g/mol. The summed E-state index contributed by atoms with van der Waals surface area (Å²) >= 11 is 5.81. The number of nitrogens with one attached hydrogen (secondary N) is 1. The number of hydrogen-bond acceptors (Lipinski definition) is 2. The van der Waals surface area contributed by atoms with Crippen LogP contribution in [0.2, 0.25) is 5.02 Å². The lowest BCUT2D eigenvalue weighted by molar-refractivity contribution is -0.111. The minimum absolute atomic E-state index is 0.185. The molecule has 0 heterocycles. The van der Waals surface area contributed by atoms with Crippen LogP contribution in [-0.2, 0) is 4.79 Å². The fourth-order valence-corrected chi connectivity index (χ4v) is 2.02. The molecule has 0 bridgehead atoms. The smallest absolute Gasteiger partial charge is 0.248 e. The van der Waals surface area contributed by atoms with Crippen LogP contribution < -0.4 is 10.1 Å². The average Bonchev–Trinajstić information content (AvgIpc) is 2.56. The number of unbranched alkanes of at least 4 members (excludes halogenated alkanes) is 1. The molecule has 0 spiro atoms. The zero-order valence-corrected chi connectivity index (χ0v) is 13.8. The van der Waals surface area contributed by atoms with Crippen LogP contribution in [0.5, 0.6) is 5.75 Å². The molecule has 2 rings (SSSR count). The summed E-state index contributed by atoms with van der Waals surface area (Å²) < 4.78 is 5.60. The van der Waals surface area contributed by atoms with Gasteiger partial charge in [0.2, 0.25) is 5.91 Å². The summed E-state index contributed by atoms with van der Waals surface area (Å²) in [6, 6.07) is 14.7. The van der Waals surface area contributed by atoms with Crippen molar-refractivity contribution < 1.29 is 9.53 Å². The third-order valence-corrected chi connectivity index (χ3v) is 3.44. The third kappa shape index (κ3) is 6.17. The molecule has 0 saturated heterocycles. The predicted molar refractivity (Wildman–Crippen MR) is 96.0 cm³/mol. The summed E-state index contributed by atoms with van der Waals surface area (Å²) in [6.45, 7) is 2.86. The van der Waals surface area contributed by atoms with E-state index >= 15 is 0 Å².